The smallest absolute Gasteiger partial charge is 0.314 e. The summed E-state index contributed by atoms with van der Waals surface area (Å²) in [5.41, 5.74) is -0.642. The summed E-state index contributed by atoms with van der Waals surface area (Å²) in [4.78, 5) is 22.4. The SMILES string of the molecule is COC(=O)C12COC(C1)C(=O)C2. The lowest BCUT2D eigenvalue weighted by atomic mass is 9.88. The third kappa shape index (κ3) is 0.813. The molecular formula is C8H10O4. The van der Waals surface area contributed by atoms with Crippen LogP contribution in [0.15, 0.2) is 0 Å². The van der Waals surface area contributed by atoms with Gasteiger partial charge < -0.3 is 9.47 Å². The van der Waals surface area contributed by atoms with Crippen LogP contribution < -0.4 is 0 Å². The van der Waals surface area contributed by atoms with Gasteiger partial charge in [0.1, 0.15) is 11.5 Å². The first kappa shape index (κ1) is 7.73. The zero-order valence-corrected chi connectivity index (χ0v) is 6.83. The van der Waals surface area contributed by atoms with Gasteiger partial charge in [0, 0.05) is 6.42 Å². The summed E-state index contributed by atoms with van der Waals surface area (Å²) in [5, 5.41) is 0. The van der Waals surface area contributed by atoms with Gasteiger partial charge in [0.15, 0.2) is 5.78 Å². The largest absolute Gasteiger partial charge is 0.469 e. The maximum atomic E-state index is 11.3. The van der Waals surface area contributed by atoms with Crippen molar-refractivity contribution in [3.8, 4) is 0 Å². The average Bonchev–Trinajstić information content (AvgIpc) is 2.60. The Bertz CT molecular complexity index is 247. The van der Waals surface area contributed by atoms with Crippen molar-refractivity contribution in [3.05, 3.63) is 0 Å². The quantitative estimate of drug-likeness (QED) is 0.516. The van der Waals surface area contributed by atoms with Crippen molar-refractivity contribution < 1.29 is 19.1 Å². The van der Waals surface area contributed by atoms with Gasteiger partial charge in [0.25, 0.3) is 0 Å². The van der Waals surface area contributed by atoms with Crippen LogP contribution in [0.1, 0.15) is 12.8 Å². The van der Waals surface area contributed by atoms with Crippen LogP contribution in [0.2, 0.25) is 0 Å². The zero-order valence-electron chi connectivity index (χ0n) is 6.83. The number of Topliss-reactive ketones (excluding diaryl/α,β-unsaturated/α-hetero) is 1. The van der Waals surface area contributed by atoms with Crippen LogP contribution >= 0.6 is 0 Å². The minimum absolute atomic E-state index is 0.0339. The molecule has 2 rings (SSSR count). The Kier molecular flexibility index (Phi) is 1.48. The van der Waals surface area contributed by atoms with Gasteiger partial charge in [0.05, 0.1) is 13.7 Å². The second-order valence-corrected chi connectivity index (χ2v) is 3.42. The standard InChI is InChI=1S/C8H10O4/c1-11-7(10)8-2-5(9)6(3-8)12-4-8/h6H,2-4H2,1H3. The highest BCUT2D eigenvalue weighted by Gasteiger charge is 2.56. The highest BCUT2D eigenvalue weighted by Crippen LogP contribution is 2.44. The molecule has 4 heteroatoms. The van der Waals surface area contributed by atoms with Gasteiger partial charge in [-0.3, -0.25) is 9.59 Å². The molecule has 1 saturated heterocycles. The lowest BCUT2D eigenvalue weighted by Gasteiger charge is -2.20. The van der Waals surface area contributed by atoms with E-state index in [-0.39, 0.29) is 17.9 Å². The Balaban J connectivity index is 2.23. The molecule has 0 aromatic rings. The number of ether oxygens (including phenoxy) is 2. The van der Waals surface area contributed by atoms with E-state index in [1.54, 1.807) is 0 Å². The topological polar surface area (TPSA) is 52.6 Å². The molecule has 2 unspecified atom stereocenters. The Morgan fingerprint density at radius 2 is 2.50 bits per heavy atom. The summed E-state index contributed by atoms with van der Waals surface area (Å²) in [6.45, 7) is 0.343. The molecule has 66 valence electrons. The van der Waals surface area contributed by atoms with E-state index in [0.717, 1.165) is 0 Å². The summed E-state index contributed by atoms with van der Waals surface area (Å²) in [6, 6.07) is 0. The van der Waals surface area contributed by atoms with E-state index in [1.165, 1.54) is 7.11 Å². The summed E-state index contributed by atoms with van der Waals surface area (Å²) < 4.78 is 9.77. The Hall–Kier alpha value is -0.900. The Morgan fingerprint density at radius 1 is 1.75 bits per heavy atom. The van der Waals surface area contributed by atoms with Crippen molar-refractivity contribution in [2.45, 2.75) is 18.9 Å². The first-order valence-electron chi connectivity index (χ1n) is 3.91. The number of ketones is 1. The molecular weight excluding hydrogens is 160 g/mol. The molecule has 1 aliphatic carbocycles. The zero-order chi connectivity index (χ0) is 8.77. The molecule has 4 nitrogen and oxygen atoms in total. The normalized spacial score (nSPS) is 38.8. The van der Waals surface area contributed by atoms with Crippen molar-refractivity contribution >= 4 is 11.8 Å². The molecule has 0 radical (unpaired) electrons. The van der Waals surface area contributed by atoms with E-state index in [4.69, 9.17) is 4.74 Å². The maximum absolute atomic E-state index is 11.3. The number of esters is 1. The summed E-state index contributed by atoms with van der Waals surface area (Å²) in [7, 11) is 1.34. The summed E-state index contributed by atoms with van der Waals surface area (Å²) >= 11 is 0. The van der Waals surface area contributed by atoms with E-state index < -0.39 is 5.41 Å². The number of carbonyl (C=O) groups is 2. The molecule has 2 atom stereocenters. The summed E-state index contributed by atoms with van der Waals surface area (Å²) in [5.74, 6) is -0.275. The van der Waals surface area contributed by atoms with Gasteiger partial charge in [-0.1, -0.05) is 0 Å². The molecule has 0 spiro atoms. The van der Waals surface area contributed by atoms with Crippen molar-refractivity contribution in [2.24, 2.45) is 5.41 Å². The first-order valence-corrected chi connectivity index (χ1v) is 3.91. The molecule has 0 amide bonds. The van der Waals surface area contributed by atoms with E-state index >= 15 is 0 Å². The fourth-order valence-electron chi connectivity index (χ4n) is 1.94. The molecule has 1 aliphatic heterocycles. The molecule has 0 aromatic carbocycles. The number of carbonyl (C=O) groups excluding carboxylic acids is 2. The molecule has 12 heavy (non-hydrogen) atoms. The van der Waals surface area contributed by atoms with E-state index in [9.17, 15) is 9.59 Å². The Morgan fingerprint density at radius 3 is 2.92 bits per heavy atom. The number of methoxy groups -OCH3 is 1. The van der Waals surface area contributed by atoms with Crippen LogP contribution in [0, 0.1) is 5.41 Å². The van der Waals surface area contributed by atoms with Crippen LogP contribution in [-0.2, 0) is 19.1 Å². The van der Waals surface area contributed by atoms with Crippen LogP contribution in [0.25, 0.3) is 0 Å². The van der Waals surface area contributed by atoms with E-state index in [1.807, 2.05) is 0 Å². The summed E-state index contributed by atoms with van der Waals surface area (Å²) in [6.07, 6.45) is 0.465. The molecule has 0 aromatic heterocycles. The number of hydrogen-bond donors (Lipinski definition) is 0. The van der Waals surface area contributed by atoms with E-state index in [2.05, 4.69) is 4.74 Å². The lowest BCUT2D eigenvalue weighted by molar-refractivity contribution is -0.156. The van der Waals surface area contributed by atoms with Crippen LogP contribution in [0.5, 0.6) is 0 Å². The van der Waals surface area contributed by atoms with Crippen molar-refractivity contribution in [1.82, 2.24) is 0 Å². The third-order valence-electron chi connectivity index (χ3n) is 2.63. The lowest BCUT2D eigenvalue weighted by Crippen LogP contribution is -2.34. The molecule has 2 aliphatic rings. The minimum atomic E-state index is -0.642. The first-order chi connectivity index (χ1) is 5.68. The number of rotatable bonds is 1. The van der Waals surface area contributed by atoms with Gasteiger partial charge >= 0.3 is 5.97 Å². The van der Waals surface area contributed by atoms with Crippen molar-refractivity contribution in [2.75, 3.05) is 13.7 Å². The predicted molar refractivity (Wildman–Crippen MR) is 38.4 cm³/mol. The third-order valence-corrected chi connectivity index (χ3v) is 2.63. The second-order valence-electron chi connectivity index (χ2n) is 3.42. The fourth-order valence-corrected chi connectivity index (χ4v) is 1.94. The van der Waals surface area contributed by atoms with E-state index in [0.29, 0.717) is 19.4 Å². The molecule has 2 bridgehead atoms. The monoisotopic (exact) mass is 170 g/mol. The molecule has 0 N–H and O–H groups in total. The average molecular weight is 170 g/mol. The fraction of sp³-hybridized carbons (Fsp3) is 0.750. The number of hydrogen-bond acceptors (Lipinski definition) is 4. The molecule has 1 heterocycles. The molecule has 1 saturated carbocycles. The second kappa shape index (κ2) is 2.29. The highest BCUT2D eigenvalue weighted by atomic mass is 16.5. The van der Waals surface area contributed by atoms with Crippen LogP contribution in [0.4, 0.5) is 0 Å². The number of fused-ring (bicyclic) bond motifs is 2. The predicted octanol–water partition coefficient (Wildman–Crippen LogP) is -0.0925. The van der Waals surface area contributed by atoms with Crippen molar-refractivity contribution in [1.29, 1.82) is 0 Å². The van der Waals surface area contributed by atoms with Gasteiger partial charge in [-0.15, -0.1) is 0 Å². The highest BCUT2D eigenvalue weighted by molar-refractivity contribution is 5.95. The van der Waals surface area contributed by atoms with Crippen LogP contribution in [-0.4, -0.2) is 31.6 Å². The maximum Gasteiger partial charge on any atom is 0.314 e. The van der Waals surface area contributed by atoms with Gasteiger partial charge in [-0.05, 0) is 6.42 Å². The van der Waals surface area contributed by atoms with Crippen LogP contribution in [0.3, 0.4) is 0 Å². The van der Waals surface area contributed by atoms with Crippen molar-refractivity contribution in [3.63, 3.8) is 0 Å². The molecule has 2 fully saturated rings. The van der Waals surface area contributed by atoms with Gasteiger partial charge in [-0.25, -0.2) is 0 Å². The van der Waals surface area contributed by atoms with Gasteiger partial charge in [0.2, 0.25) is 0 Å². The van der Waals surface area contributed by atoms with Gasteiger partial charge in [-0.2, -0.15) is 0 Å². The Labute approximate surface area is 69.8 Å². The minimum Gasteiger partial charge on any atom is -0.469 e.